The van der Waals surface area contributed by atoms with Crippen molar-refractivity contribution in [1.29, 1.82) is 0 Å². The molecule has 15 heavy (non-hydrogen) atoms. The number of carbonyl (C=O) groups excluding carboxylic acids is 1. The van der Waals surface area contributed by atoms with Crippen LogP contribution in [0.25, 0.3) is 10.8 Å². The lowest BCUT2D eigenvalue weighted by molar-refractivity contribution is 0.103. The predicted octanol–water partition coefficient (Wildman–Crippen LogP) is 1.09. The summed E-state index contributed by atoms with van der Waals surface area (Å²) in [6.45, 7) is 0. The van der Waals surface area contributed by atoms with Crippen LogP contribution in [0.1, 0.15) is 10.4 Å². The highest BCUT2D eigenvalue weighted by molar-refractivity contribution is 6.24. The van der Waals surface area contributed by atoms with E-state index in [9.17, 15) is 4.79 Å². The number of amides is 1. The van der Waals surface area contributed by atoms with E-state index in [0.29, 0.717) is 17.1 Å². The largest absolute Gasteiger partial charge is 0.322 e. The van der Waals surface area contributed by atoms with E-state index in [2.05, 4.69) is 15.7 Å². The molecule has 1 aromatic heterocycles. The van der Waals surface area contributed by atoms with E-state index < -0.39 is 0 Å². The van der Waals surface area contributed by atoms with Crippen LogP contribution < -0.4 is 16.6 Å². The van der Waals surface area contributed by atoms with Crippen molar-refractivity contribution in [2.24, 2.45) is 5.84 Å². The molecule has 4 N–H and O–H groups in total. The Hall–Kier alpha value is -2.14. The average Bonchev–Trinajstić information content (AvgIpc) is 2.59. The van der Waals surface area contributed by atoms with Crippen molar-refractivity contribution >= 4 is 28.2 Å². The summed E-state index contributed by atoms with van der Waals surface area (Å²) in [5.74, 6) is 5.86. The van der Waals surface area contributed by atoms with Gasteiger partial charge in [-0.3, -0.25) is 10.6 Å². The molecule has 2 aromatic rings. The van der Waals surface area contributed by atoms with Crippen molar-refractivity contribution in [3.63, 3.8) is 0 Å². The number of anilines is 2. The molecule has 5 nitrogen and oxygen atoms in total. The molecule has 1 aliphatic heterocycles. The number of hydrazine groups is 1. The Morgan fingerprint density at radius 1 is 1.40 bits per heavy atom. The summed E-state index contributed by atoms with van der Waals surface area (Å²) in [6, 6.07) is 5.50. The molecule has 0 atom stereocenters. The van der Waals surface area contributed by atoms with Gasteiger partial charge in [0.25, 0.3) is 5.91 Å². The van der Waals surface area contributed by atoms with Crippen molar-refractivity contribution in [1.82, 2.24) is 4.98 Å². The first-order valence-corrected chi connectivity index (χ1v) is 4.51. The molecule has 1 aromatic carbocycles. The number of carbonyl (C=O) groups is 1. The number of benzene rings is 1. The van der Waals surface area contributed by atoms with Crippen LogP contribution in [0.4, 0.5) is 11.5 Å². The van der Waals surface area contributed by atoms with Crippen LogP contribution in [0.2, 0.25) is 0 Å². The van der Waals surface area contributed by atoms with Crippen LogP contribution in [0.15, 0.2) is 24.4 Å². The zero-order valence-corrected chi connectivity index (χ0v) is 7.74. The minimum absolute atomic E-state index is 0.114. The van der Waals surface area contributed by atoms with Gasteiger partial charge in [0.1, 0.15) is 5.82 Å². The Balaban J connectivity index is 2.50. The van der Waals surface area contributed by atoms with Crippen molar-refractivity contribution in [3.05, 3.63) is 30.0 Å². The lowest BCUT2D eigenvalue weighted by Crippen LogP contribution is -2.07. The molecule has 0 saturated carbocycles. The molecule has 0 fully saturated rings. The van der Waals surface area contributed by atoms with Gasteiger partial charge in [-0.15, -0.1) is 0 Å². The highest BCUT2D eigenvalue weighted by atomic mass is 16.1. The van der Waals surface area contributed by atoms with Crippen molar-refractivity contribution in [2.75, 3.05) is 10.7 Å². The second-order valence-corrected chi connectivity index (χ2v) is 3.35. The third-order valence-electron chi connectivity index (χ3n) is 2.55. The van der Waals surface area contributed by atoms with Crippen LogP contribution in [0, 0.1) is 0 Å². The van der Waals surface area contributed by atoms with Gasteiger partial charge in [-0.25, -0.2) is 4.98 Å². The van der Waals surface area contributed by atoms with Crippen LogP contribution in [0.5, 0.6) is 0 Å². The maximum Gasteiger partial charge on any atom is 0.257 e. The first-order valence-electron chi connectivity index (χ1n) is 4.51. The number of pyridine rings is 1. The summed E-state index contributed by atoms with van der Waals surface area (Å²) >= 11 is 0. The van der Waals surface area contributed by atoms with Crippen LogP contribution in [-0.2, 0) is 0 Å². The molecule has 0 aliphatic carbocycles. The zero-order chi connectivity index (χ0) is 10.4. The van der Waals surface area contributed by atoms with Gasteiger partial charge in [-0.05, 0) is 6.07 Å². The Morgan fingerprint density at radius 2 is 2.27 bits per heavy atom. The van der Waals surface area contributed by atoms with E-state index in [0.717, 1.165) is 10.8 Å². The van der Waals surface area contributed by atoms with Crippen molar-refractivity contribution in [2.45, 2.75) is 0 Å². The summed E-state index contributed by atoms with van der Waals surface area (Å²) in [5.41, 5.74) is 3.93. The third-order valence-corrected chi connectivity index (χ3v) is 2.55. The molecule has 1 amide bonds. The van der Waals surface area contributed by atoms with E-state index in [4.69, 9.17) is 5.84 Å². The highest BCUT2D eigenvalue weighted by Crippen LogP contribution is 2.34. The number of rotatable bonds is 1. The van der Waals surface area contributed by atoms with Crippen LogP contribution in [0.3, 0.4) is 0 Å². The monoisotopic (exact) mass is 200 g/mol. The molecule has 0 bridgehead atoms. The fourth-order valence-electron chi connectivity index (χ4n) is 1.87. The Labute approximate surface area is 85.3 Å². The number of aromatic nitrogens is 1. The minimum atomic E-state index is -0.114. The molecule has 5 heteroatoms. The molecule has 3 rings (SSSR count). The molecule has 2 heterocycles. The van der Waals surface area contributed by atoms with Crippen molar-refractivity contribution in [3.8, 4) is 0 Å². The molecule has 74 valence electrons. The van der Waals surface area contributed by atoms with Gasteiger partial charge in [-0.1, -0.05) is 12.1 Å². The quantitative estimate of drug-likeness (QED) is 0.475. The van der Waals surface area contributed by atoms with Gasteiger partial charge in [-0.2, -0.15) is 0 Å². The van der Waals surface area contributed by atoms with Gasteiger partial charge in [0, 0.05) is 10.8 Å². The zero-order valence-electron chi connectivity index (χ0n) is 7.74. The number of nitrogen functional groups attached to an aromatic ring is 1. The highest BCUT2D eigenvalue weighted by Gasteiger charge is 2.23. The van der Waals surface area contributed by atoms with Gasteiger partial charge >= 0.3 is 0 Å². The second kappa shape index (κ2) is 2.68. The number of hydrogen-bond acceptors (Lipinski definition) is 4. The van der Waals surface area contributed by atoms with Crippen molar-refractivity contribution < 1.29 is 4.79 Å². The molecular formula is C10H8N4O. The first-order chi connectivity index (χ1) is 7.31. The minimum Gasteiger partial charge on any atom is -0.322 e. The fraction of sp³-hybridized carbons (Fsp3) is 0. The van der Waals surface area contributed by atoms with Gasteiger partial charge in [0.05, 0.1) is 17.4 Å². The summed E-state index contributed by atoms with van der Waals surface area (Å²) in [4.78, 5) is 15.7. The van der Waals surface area contributed by atoms with E-state index in [1.54, 1.807) is 12.3 Å². The normalized spacial score (nSPS) is 13.0. The van der Waals surface area contributed by atoms with Crippen LogP contribution in [-0.4, -0.2) is 10.9 Å². The second-order valence-electron chi connectivity index (χ2n) is 3.35. The van der Waals surface area contributed by atoms with Gasteiger partial charge < -0.3 is 10.7 Å². The lowest BCUT2D eigenvalue weighted by atomic mass is 10.1. The summed E-state index contributed by atoms with van der Waals surface area (Å²) < 4.78 is 0. The summed E-state index contributed by atoms with van der Waals surface area (Å²) in [7, 11) is 0. The Kier molecular flexibility index (Phi) is 1.46. The van der Waals surface area contributed by atoms with Crippen LogP contribution >= 0.6 is 0 Å². The SMILES string of the molecule is NNc1cnc2c3c(cccc13)C(=O)N2. The fourth-order valence-corrected chi connectivity index (χ4v) is 1.87. The van der Waals surface area contributed by atoms with E-state index in [-0.39, 0.29) is 5.91 Å². The number of nitrogens with zero attached hydrogens (tertiary/aromatic N) is 1. The van der Waals surface area contributed by atoms with Gasteiger partial charge in [0.2, 0.25) is 0 Å². The Bertz CT molecular complexity index is 579. The smallest absolute Gasteiger partial charge is 0.257 e. The molecule has 1 aliphatic rings. The maximum absolute atomic E-state index is 11.5. The summed E-state index contributed by atoms with van der Waals surface area (Å²) in [6.07, 6.45) is 1.60. The summed E-state index contributed by atoms with van der Waals surface area (Å²) in [5, 5.41) is 4.44. The number of nitrogens with one attached hydrogen (secondary N) is 2. The average molecular weight is 200 g/mol. The van der Waals surface area contributed by atoms with E-state index >= 15 is 0 Å². The number of hydrogen-bond donors (Lipinski definition) is 3. The molecule has 0 saturated heterocycles. The van der Waals surface area contributed by atoms with E-state index in [1.165, 1.54) is 0 Å². The molecular weight excluding hydrogens is 192 g/mol. The van der Waals surface area contributed by atoms with Gasteiger partial charge in [0.15, 0.2) is 0 Å². The molecule has 0 unspecified atom stereocenters. The lowest BCUT2D eigenvalue weighted by Gasteiger charge is -2.05. The predicted molar refractivity (Wildman–Crippen MR) is 57.5 cm³/mol. The topological polar surface area (TPSA) is 80.0 Å². The maximum atomic E-state index is 11.5. The Morgan fingerprint density at radius 3 is 3.07 bits per heavy atom. The number of nitrogens with two attached hydrogens (primary N) is 1. The van der Waals surface area contributed by atoms with E-state index in [1.807, 2.05) is 12.1 Å². The first kappa shape index (κ1) is 8.19. The molecule has 0 spiro atoms. The third kappa shape index (κ3) is 0.949. The standard InChI is InChI=1S/C10H8N4O/c11-14-7-4-12-9-8-5(7)2-1-3-6(8)10(15)13-9/h1-4,14H,11H2,(H,12,13,15). The molecule has 0 radical (unpaired) electrons.